The summed E-state index contributed by atoms with van der Waals surface area (Å²) in [5.74, 6) is -1.40. The van der Waals surface area contributed by atoms with Crippen molar-refractivity contribution >= 4 is 27.6 Å². The molecule has 9 atom stereocenters. The first-order valence-electron chi connectivity index (χ1n) is 24.9. The summed E-state index contributed by atoms with van der Waals surface area (Å²) in [5, 5.41) is 51.5. The second-order valence-corrected chi connectivity index (χ2v) is 19.6. The fourth-order valence-electron chi connectivity index (χ4n) is 6.87. The number of esters is 2. The van der Waals surface area contributed by atoms with E-state index in [0.717, 1.165) is 83.5 Å². The van der Waals surface area contributed by atoms with Crippen LogP contribution in [-0.2, 0) is 41.8 Å². The van der Waals surface area contributed by atoms with Crippen LogP contribution >= 0.6 is 15.6 Å². The highest BCUT2D eigenvalue weighted by atomic mass is 31.2. The molecule has 6 unspecified atom stereocenters. The van der Waals surface area contributed by atoms with Crippen LogP contribution in [-0.4, -0.2) is 114 Å². The molecule has 0 spiro atoms. The van der Waals surface area contributed by atoms with E-state index in [1.807, 2.05) is 12.2 Å². The van der Waals surface area contributed by atoms with E-state index in [1.54, 1.807) is 24.3 Å². The van der Waals surface area contributed by atoms with Gasteiger partial charge in [-0.05, 0) is 77.0 Å². The molecule has 0 heterocycles. The quantitative estimate of drug-likeness (QED) is 0.00935. The molecular formula is C51H84O17P2. The minimum atomic E-state index is -5.39. The first-order valence-corrected chi connectivity index (χ1v) is 27.9. The molecule has 1 aliphatic carbocycles. The van der Waals surface area contributed by atoms with Gasteiger partial charge in [-0.15, -0.1) is 0 Å². The lowest BCUT2D eigenvalue weighted by Gasteiger charge is -2.43. The highest BCUT2D eigenvalue weighted by Crippen LogP contribution is 2.49. The average Bonchev–Trinajstić information content (AvgIpc) is 3.31. The van der Waals surface area contributed by atoms with Crippen molar-refractivity contribution in [3.8, 4) is 0 Å². The predicted octanol–water partition coefficient (Wildman–Crippen LogP) is 8.92. The molecule has 1 saturated carbocycles. The smallest absolute Gasteiger partial charge is 0.462 e. The van der Waals surface area contributed by atoms with E-state index in [2.05, 4.69) is 79.1 Å². The van der Waals surface area contributed by atoms with Gasteiger partial charge in [-0.2, -0.15) is 0 Å². The van der Waals surface area contributed by atoms with E-state index in [4.69, 9.17) is 18.5 Å². The van der Waals surface area contributed by atoms with Gasteiger partial charge in [0, 0.05) is 12.8 Å². The van der Waals surface area contributed by atoms with Crippen LogP contribution in [0.4, 0.5) is 0 Å². The molecule has 1 rings (SSSR count). The van der Waals surface area contributed by atoms with Gasteiger partial charge in [0.2, 0.25) is 0 Å². The number of hydrogen-bond acceptors (Lipinski definition) is 14. The Morgan fingerprint density at radius 2 is 1.07 bits per heavy atom. The Hall–Kier alpha value is -3.12. The van der Waals surface area contributed by atoms with E-state index >= 15 is 0 Å². The number of phosphoric acid groups is 2. The molecule has 0 bridgehead atoms. The summed E-state index contributed by atoms with van der Waals surface area (Å²) < 4.78 is 49.3. The molecular weight excluding hydrogens is 946 g/mol. The van der Waals surface area contributed by atoms with Crippen LogP contribution in [0.25, 0.3) is 0 Å². The molecule has 8 N–H and O–H groups in total. The number of carbonyl (C=O) groups excluding carboxylic acids is 2. The van der Waals surface area contributed by atoms with Crippen molar-refractivity contribution in [1.29, 1.82) is 0 Å². The Kier molecular flexibility index (Phi) is 37.4. The molecule has 0 amide bonds. The minimum absolute atomic E-state index is 0.00745. The highest BCUT2D eigenvalue weighted by molar-refractivity contribution is 7.47. The highest BCUT2D eigenvalue weighted by Gasteiger charge is 2.54. The monoisotopic (exact) mass is 1030 g/mol. The summed E-state index contributed by atoms with van der Waals surface area (Å²) in [6.07, 6.45) is 33.8. The lowest BCUT2D eigenvalue weighted by Crippen LogP contribution is -2.64. The second-order valence-electron chi connectivity index (χ2n) is 17.0. The van der Waals surface area contributed by atoms with Gasteiger partial charge in [-0.25, -0.2) is 9.13 Å². The zero-order valence-electron chi connectivity index (χ0n) is 41.3. The number of aliphatic hydroxyl groups excluding tert-OH is 5. The Balaban J connectivity index is 2.67. The maximum Gasteiger partial charge on any atom is 0.472 e. The van der Waals surface area contributed by atoms with Gasteiger partial charge in [-0.1, -0.05) is 156 Å². The van der Waals surface area contributed by atoms with Crippen LogP contribution in [0, 0.1) is 0 Å². The molecule has 1 aliphatic rings. The minimum Gasteiger partial charge on any atom is -0.462 e. The fraction of sp³-hybridized carbons (Fsp3) is 0.647. The Labute approximate surface area is 416 Å². The molecule has 0 saturated heterocycles. The molecule has 0 aromatic carbocycles. The third-order valence-electron chi connectivity index (χ3n) is 10.7. The van der Waals surface area contributed by atoms with E-state index in [0.29, 0.717) is 12.8 Å². The summed E-state index contributed by atoms with van der Waals surface area (Å²) in [6.45, 7) is 2.81. The standard InChI is InChI=1S/C51H84O17P2/c1-3-5-7-9-11-13-15-17-18-19-20-22-24-26-28-30-34-39-45(54)66-43(41-65-70(62,63)68-51-48(57)46(55)47(56)50(49(51)58)67-69(59,60)61)40-64-44(53)38-35-31-33-37-42(52)36-32-29-27-25-23-21-16-14-12-10-8-6-4-2/h6,8,11-14,17-18,21,23,27,29,31-33,36,42-43,46-52,55-58H,3-5,7,9-10,15-16,19-20,22,24-26,28,30,34-35,37-41H2,1-2H3,(H,62,63)(H2,59,60,61)/b8-6-,13-11-,14-12-,18-17-,23-21-,29-27-,33-31-,36-32-/t42?,43-,46?,47?,48?,49?,50-,51+/m1/s1. The molecule has 19 heteroatoms. The van der Waals surface area contributed by atoms with Gasteiger partial charge in [0.25, 0.3) is 0 Å². The topological polar surface area (TPSA) is 276 Å². The number of ether oxygens (including phenoxy) is 2. The van der Waals surface area contributed by atoms with Gasteiger partial charge >= 0.3 is 27.6 Å². The lowest BCUT2D eigenvalue weighted by atomic mass is 9.85. The van der Waals surface area contributed by atoms with Crippen molar-refractivity contribution in [1.82, 2.24) is 0 Å². The van der Waals surface area contributed by atoms with Crippen LogP contribution in [0.3, 0.4) is 0 Å². The zero-order chi connectivity index (χ0) is 51.9. The summed E-state index contributed by atoms with van der Waals surface area (Å²) in [5.41, 5.74) is 0. The van der Waals surface area contributed by atoms with Crippen LogP contribution in [0.5, 0.6) is 0 Å². The molecule has 70 heavy (non-hydrogen) atoms. The van der Waals surface area contributed by atoms with E-state index in [1.165, 1.54) is 19.3 Å². The van der Waals surface area contributed by atoms with Crippen LogP contribution in [0.1, 0.15) is 149 Å². The number of aliphatic hydroxyl groups is 5. The van der Waals surface area contributed by atoms with Crippen molar-refractivity contribution in [2.24, 2.45) is 0 Å². The number of hydrogen-bond donors (Lipinski definition) is 8. The normalized spacial score (nSPS) is 22.3. The van der Waals surface area contributed by atoms with Gasteiger partial charge in [-0.3, -0.25) is 23.2 Å². The maximum absolute atomic E-state index is 13.0. The zero-order valence-corrected chi connectivity index (χ0v) is 43.1. The number of allylic oxidation sites excluding steroid dienone is 14. The third-order valence-corrected chi connectivity index (χ3v) is 12.2. The number of rotatable bonds is 40. The first kappa shape index (κ1) is 64.9. The molecule has 0 radical (unpaired) electrons. The second kappa shape index (κ2) is 40.4. The molecule has 0 aromatic heterocycles. The van der Waals surface area contributed by atoms with E-state index in [9.17, 15) is 58.9 Å². The van der Waals surface area contributed by atoms with Crippen molar-refractivity contribution in [3.05, 3.63) is 97.2 Å². The fourth-order valence-corrected chi connectivity index (χ4v) is 8.41. The lowest BCUT2D eigenvalue weighted by molar-refractivity contribution is -0.216. The predicted molar refractivity (Wildman–Crippen MR) is 270 cm³/mol. The van der Waals surface area contributed by atoms with Crippen LogP contribution in [0.15, 0.2) is 97.2 Å². The average molecular weight is 1030 g/mol. The van der Waals surface area contributed by atoms with Crippen molar-refractivity contribution in [2.45, 2.75) is 198 Å². The molecule has 1 fully saturated rings. The first-order chi connectivity index (χ1) is 33.5. The van der Waals surface area contributed by atoms with Crippen molar-refractivity contribution in [3.63, 3.8) is 0 Å². The summed E-state index contributed by atoms with van der Waals surface area (Å²) in [4.78, 5) is 54.4. The number of unbranched alkanes of at least 4 members (excludes halogenated alkanes) is 10. The largest absolute Gasteiger partial charge is 0.472 e. The Bertz CT molecular complexity index is 1730. The Morgan fingerprint density at radius 1 is 0.543 bits per heavy atom. The maximum atomic E-state index is 13.0. The Morgan fingerprint density at radius 3 is 1.67 bits per heavy atom. The van der Waals surface area contributed by atoms with Gasteiger partial charge in [0.15, 0.2) is 6.10 Å². The van der Waals surface area contributed by atoms with Crippen LogP contribution < -0.4 is 0 Å². The molecule has 400 valence electrons. The number of carbonyl (C=O) groups is 2. The summed E-state index contributed by atoms with van der Waals surface area (Å²) in [7, 11) is -10.7. The van der Waals surface area contributed by atoms with Gasteiger partial charge in [0.05, 0.1) is 12.7 Å². The van der Waals surface area contributed by atoms with Crippen LogP contribution in [0.2, 0.25) is 0 Å². The van der Waals surface area contributed by atoms with Crippen molar-refractivity contribution in [2.75, 3.05) is 13.2 Å². The molecule has 0 aromatic rings. The number of phosphoric ester groups is 2. The van der Waals surface area contributed by atoms with E-state index < -0.39 is 89.6 Å². The van der Waals surface area contributed by atoms with Gasteiger partial charge < -0.3 is 49.7 Å². The van der Waals surface area contributed by atoms with Crippen molar-refractivity contribution < 1.29 is 82.0 Å². The van der Waals surface area contributed by atoms with E-state index in [-0.39, 0.29) is 19.3 Å². The molecule has 17 nitrogen and oxygen atoms in total. The summed E-state index contributed by atoms with van der Waals surface area (Å²) in [6, 6.07) is 0. The molecule has 0 aliphatic heterocycles. The van der Waals surface area contributed by atoms with Gasteiger partial charge in [0.1, 0.15) is 43.2 Å². The summed E-state index contributed by atoms with van der Waals surface area (Å²) >= 11 is 0. The SMILES string of the molecule is CC/C=C\C/C=C\C/C=C\C/C=C\C=C/C(O)C/C=C\CCC(=O)OC[C@H](COP(=O)(O)O[C@H]1C(O)C(O)C(O)[C@@H](OP(=O)(O)O)C1O)OC(=O)CCCCCCCCC/C=C\C/C=C\CCCCC. The third kappa shape index (κ3) is 34.3.